The number of aromatic nitrogens is 2. The van der Waals surface area contributed by atoms with Crippen LogP contribution in [0.15, 0.2) is 24.3 Å². The highest BCUT2D eigenvalue weighted by Crippen LogP contribution is 2.16. The highest BCUT2D eigenvalue weighted by atomic mass is 32.1. The predicted octanol–water partition coefficient (Wildman–Crippen LogP) is 3.09. The standard InChI is InChI=1S/C20H27N5O2S/c1-14-6-3-4-12-25(14)13-5-11-21-18(26)16-7-9-17(10-8-16)22-19(27)20-24-23-15(2)28-20/h7-10,14H,3-6,11-13H2,1-2H3,(H,21,26)(H,22,27)/t14-/m0/s1. The fourth-order valence-electron chi connectivity index (χ4n) is 3.35. The Balaban J connectivity index is 1.42. The smallest absolute Gasteiger partial charge is 0.286 e. The van der Waals surface area contributed by atoms with Gasteiger partial charge in [0, 0.05) is 30.4 Å². The molecule has 0 spiro atoms. The number of hydrogen-bond donors (Lipinski definition) is 2. The third kappa shape index (κ3) is 5.59. The average molecular weight is 402 g/mol. The van der Waals surface area contributed by atoms with Gasteiger partial charge >= 0.3 is 0 Å². The molecule has 1 fully saturated rings. The molecule has 2 amide bonds. The molecule has 0 aliphatic carbocycles. The van der Waals surface area contributed by atoms with E-state index in [2.05, 4.69) is 32.7 Å². The molecule has 7 nitrogen and oxygen atoms in total. The van der Waals surface area contributed by atoms with Crippen LogP contribution in [0.4, 0.5) is 5.69 Å². The van der Waals surface area contributed by atoms with Gasteiger partial charge in [-0.2, -0.15) is 0 Å². The van der Waals surface area contributed by atoms with Gasteiger partial charge in [0.1, 0.15) is 5.01 Å². The molecule has 1 aliphatic heterocycles. The molecule has 2 aromatic rings. The van der Waals surface area contributed by atoms with Crippen LogP contribution >= 0.6 is 11.3 Å². The number of amides is 2. The minimum atomic E-state index is -0.297. The normalized spacial score (nSPS) is 17.3. The first-order valence-corrected chi connectivity index (χ1v) is 10.6. The zero-order valence-electron chi connectivity index (χ0n) is 16.4. The van der Waals surface area contributed by atoms with E-state index in [1.54, 1.807) is 31.2 Å². The summed E-state index contributed by atoms with van der Waals surface area (Å²) in [6, 6.07) is 7.51. The Bertz CT molecular complexity index is 805. The number of rotatable bonds is 7. The van der Waals surface area contributed by atoms with Gasteiger partial charge in [0.15, 0.2) is 0 Å². The van der Waals surface area contributed by atoms with Crippen LogP contribution in [0.25, 0.3) is 0 Å². The summed E-state index contributed by atoms with van der Waals surface area (Å²) in [5.74, 6) is -0.390. The van der Waals surface area contributed by atoms with Crippen molar-refractivity contribution in [1.82, 2.24) is 20.4 Å². The molecule has 3 rings (SSSR count). The molecule has 150 valence electrons. The number of nitrogens with zero attached hydrogens (tertiary/aromatic N) is 3. The van der Waals surface area contributed by atoms with Crippen molar-refractivity contribution in [2.24, 2.45) is 0 Å². The predicted molar refractivity (Wildman–Crippen MR) is 111 cm³/mol. The number of benzene rings is 1. The molecule has 0 unspecified atom stereocenters. The van der Waals surface area contributed by atoms with Crippen LogP contribution in [0.1, 0.15) is 57.8 Å². The summed E-state index contributed by atoms with van der Waals surface area (Å²) in [6.07, 6.45) is 4.82. The van der Waals surface area contributed by atoms with E-state index in [9.17, 15) is 9.59 Å². The second kappa shape index (κ2) is 9.75. The Morgan fingerprint density at radius 3 is 2.64 bits per heavy atom. The minimum Gasteiger partial charge on any atom is -0.352 e. The maximum absolute atomic E-state index is 12.3. The summed E-state index contributed by atoms with van der Waals surface area (Å²) in [5.41, 5.74) is 1.20. The van der Waals surface area contributed by atoms with E-state index in [1.807, 2.05) is 0 Å². The van der Waals surface area contributed by atoms with E-state index in [0.717, 1.165) is 18.0 Å². The molecule has 0 radical (unpaired) electrons. The van der Waals surface area contributed by atoms with Gasteiger partial charge in [0.25, 0.3) is 11.8 Å². The number of likely N-dealkylation sites (tertiary alicyclic amines) is 1. The lowest BCUT2D eigenvalue weighted by molar-refractivity contribution is 0.0948. The number of carbonyl (C=O) groups excluding carboxylic acids is 2. The third-order valence-corrected chi connectivity index (χ3v) is 5.81. The lowest BCUT2D eigenvalue weighted by Crippen LogP contribution is -2.39. The van der Waals surface area contributed by atoms with E-state index >= 15 is 0 Å². The molecule has 1 aromatic heterocycles. The molecule has 2 heterocycles. The zero-order valence-corrected chi connectivity index (χ0v) is 17.2. The van der Waals surface area contributed by atoms with Gasteiger partial charge in [-0.1, -0.05) is 17.8 Å². The van der Waals surface area contributed by atoms with Crippen molar-refractivity contribution in [2.45, 2.75) is 45.6 Å². The van der Waals surface area contributed by atoms with Crippen LogP contribution < -0.4 is 10.6 Å². The topological polar surface area (TPSA) is 87.2 Å². The van der Waals surface area contributed by atoms with E-state index < -0.39 is 0 Å². The summed E-state index contributed by atoms with van der Waals surface area (Å²) >= 11 is 1.24. The lowest BCUT2D eigenvalue weighted by Gasteiger charge is -2.33. The number of nitrogens with one attached hydrogen (secondary N) is 2. The molecule has 2 N–H and O–H groups in total. The van der Waals surface area contributed by atoms with Crippen LogP contribution in [-0.4, -0.2) is 52.6 Å². The summed E-state index contributed by atoms with van der Waals surface area (Å²) in [6.45, 7) is 6.94. The quantitative estimate of drug-likeness (QED) is 0.696. The maximum atomic E-state index is 12.3. The average Bonchev–Trinajstić information content (AvgIpc) is 3.13. The summed E-state index contributed by atoms with van der Waals surface area (Å²) in [5, 5.41) is 14.5. The number of piperidine rings is 1. The van der Waals surface area contributed by atoms with Crippen LogP contribution in [0.2, 0.25) is 0 Å². The SMILES string of the molecule is Cc1nnc(C(=O)Nc2ccc(C(=O)NCCCN3CCCC[C@@H]3C)cc2)s1. The number of anilines is 1. The molecular weight excluding hydrogens is 374 g/mol. The van der Waals surface area contributed by atoms with Gasteiger partial charge < -0.3 is 15.5 Å². The van der Waals surface area contributed by atoms with Crippen LogP contribution in [-0.2, 0) is 0 Å². The lowest BCUT2D eigenvalue weighted by atomic mass is 10.0. The first kappa shape index (κ1) is 20.4. The molecule has 1 saturated heterocycles. The molecule has 0 bridgehead atoms. The molecule has 1 aliphatic rings. The second-order valence-corrected chi connectivity index (χ2v) is 8.33. The van der Waals surface area contributed by atoms with Crippen LogP contribution in [0.5, 0.6) is 0 Å². The fourth-order valence-corrected chi connectivity index (χ4v) is 3.94. The van der Waals surface area contributed by atoms with E-state index in [4.69, 9.17) is 0 Å². The summed E-state index contributed by atoms with van der Waals surface area (Å²) < 4.78 is 0. The Morgan fingerprint density at radius 1 is 1.18 bits per heavy atom. The zero-order chi connectivity index (χ0) is 19.9. The van der Waals surface area contributed by atoms with Gasteiger partial charge in [0.05, 0.1) is 0 Å². The van der Waals surface area contributed by atoms with Gasteiger partial charge in [0.2, 0.25) is 5.01 Å². The first-order chi connectivity index (χ1) is 13.5. The monoisotopic (exact) mass is 401 g/mol. The number of carbonyl (C=O) groups is 2. The summed E-state index contributed by atoms with van der Waals surface area (Å²) in [7, 11) is 0. The van der Waals surface area contributed by atoms with Crippen molar-refractivity contribution in [2.75, 3.05) is 25.0 Å². The Kier molecular flexibility index (Phi) is 7.11. The molecule has 8 heteroatoms. The molecule has 1 atom stereocenters. The Morgan fingerprint density at radius 2 is 1.96 bits per heavy atom. The minimum absolute atomic E-state index is 0.0932. The molecule has 0 saturated carbocycles. The molecular formula is C20H27N5O2S. The van der Waals surface area contributed by atoms with Crippen molar-refractivity contribution < 1.29 is 9.59 Å². The van der Waals surface area contributed by atoms with Gasteiger partial charge in [-0.3, -0.25) is 9.59 Å². The highest BCUT2D eigenvalue weighted by Gasteiger charge is 2.17. The van der Waals surface area contributed by atoms with Crippen molar-refractivity contribution in [1.29, 1.82) is 0 Å². The second-order valence-electron chi connectivity index (χ2n) is 7.15. The Hall–Kier alpha value is -2.32. The molecule has 28 heavy (non-hydrogen) atoms. The van der Waals surface area contributed by atoms with Crippen molar-refractivity contribution >= 4 is 28.8 Å². The van der Waals surface area contributed by atoms with Crippen LogP contribution in [0.3, 0.4) is 0 Å². The van der Waals surface area contributed by atoms with Crippen molar-refractivity contribution in [3.8, 4) is 0 Å². The molecule has 1 aromatic carbocycles. The largest absolute Gasteiger partial charge is 0.352 e. The van der Waals surface area contributed by atoms with Crippen LogP contribution in [0, 0.1) is 6.92 Å². The highest BCUT2D eigenvalue weighted by molar-refractivity contribution is 7.13. The van der Waals surface area contributed by atoms with E-state index in [1.165, 1.54) is 37.1 Å². The Labute approximate surface area is 169 Å². The number of hydrogen-bond acceptors (Lipinski definition) is 6. The van der Waals surface area contributed by atoms with Crippen molar-refractivity contribution in [3.05, 3.63) is 39.8 Å². The first-order valence-electron chi connectivity index (χ1n) is 9.76. The fraction of sp³-hybridized carbons (Fsp3) is 0.500. The van der Waals surface area contributed by atoms with E-state index in [-0.39, 0.29) is 11.8 Å². The summed E-state index contributed by atoms with van der Waals surface area (Å²) in [4.78, 5) is 26.9. The third-order valence-electron chi connectivity index (χ3n) is 4.97. The van der Waals surface area contributed by atoms with Gasteiger partial charge in [-0.05, 0) is 63.9 Å². The maximum Gasteiger partial charge on any atom is 0.286 e. The number of aryl methyl sites for hydroxylation is 1. The van der Waals surface area contributed by atoms with Gasteiger partial charge in [-0.15, -0.1) is 10.2 Å². The van der Waals surface area contributed by atoms with E-state index in [0.29, 0.717) is 28.8 Å². The van der Waals surface area contributed by atoms with Crippen molar-refractivity contribution in [3.63, 3.8) is 0 Å². The van der Waals surface area contributed by atoms with Gasteiger partial charge in [-0.25, -0.2) is 0 Å².